The van der Waals surface area contributed by atoms with Crippen molar-refractivity contribution in [1.29, 1.82) is 0 Å². The van der Waals surface area contributed by atoms with Gasteiger partial charge in [0.15, 0.2) is 6.61 Å². The fourth-order valence-electron chi connectivity index (χ4n) is 2.02. The molecule has 1 aromatic heterocycles. The number of esters is 1. The summed E-state index contributed by atoms with van der Waals surface area (Å²) in [5.74, 6) is -0.929. The first-order valence-electron chi connectivity index (χ1n) is 7.27. The predicted molar refractivity (Wildman–Crippen MR) is 89.8 cm³/mol. The van der Waals surface area contributed by atoms with Crippen LogP contribution in [0.5, 0.6) is 0 Å². The molecule has 2 rings (SSSR count). The van der Waals surface area contributed by atoms with Crippen LogP contribution in [0.15, 0.2) is 16.3 Å². The number of thiophene rings is 1. The summed E-state index contributed by atoms with van der Waals surface area (Å²) in [5, 5.41) is 2.95. The maximum Gasteiger partial charge on any atom is 0.405 e. The average molecular weight is 432 g/mol. The number of nitrogens with zero attached hydrogens (tertiary/aromatic N) is 1. The van der Waals surface area contributed by atoms with Crippen molar-refractivity contribution < 1.29 is 35.9 Å². The van der Waals surface area contributed by atoms with E-state index in [9.17, 15) is 31.2 Å². The molecule has 1 N–H and O–H groups in total. The molecule has 146 valence electrons. The zero-order valence-electron chi connectivity index (χ0n) is 13.2. The Bertz CT molecular complexity index is 757. The zero-order valence-corrected chi connectivity index (χ0v) is 15.7. The lowest BCUT2D eigenvalue weighted by atomic mass is 10.5. The number of rotatable bonds is 6. The molecule has 26 heavy (non-hydrogen) atoms. The molecule has 1 aromatic rings. The molecular formula is C13H15F3N2O5S3. The summed E-state index contributed by atoms with van der Waals surface area (Å²) in [4.78, 5) is 22.9. The summed E-state index contributed by atoms with van der Waals surface area (Å²) < 4.78 is 67.2. The molecule has 0 aliphatic carbocycles. The summed E-state index contributed by atoms with van der Waals surface area (Å²) in [5.41, 5.74) is 0. The molecule has 2 heterocycles. The van der Waals surface area contributed by atoms with E-state index in [1.165, 1.54) is 15.8 Å². The second-order valence-electron chi connectivity index (χ2n) is 5.10. The van der Waals surface area contributed by atoms with E-state index in [0.29, 0.717) is 24.6 Å². The van der Waals surface area contributed by atoms with Gasteiger partial charge in [-0.15, -0.1) is 11.3 Å². The van der Waals surface area contributed by atoms with Crippen molar-refractivity contribution in [3.8, 4) is 0 Å². The van der Waals surface area contributed by atoms with Crippen LogP contribution < -0.4 is 5.32 Å². The van der Waals surface area contributed by atoms with Gasteiger partial charge in [0.2, 0.25) is 10.0 Å². The molecule has 1 aliphatic rings. The van der Waals surface area contributed by atoms with Crippen molar-refractivity contribution in [2.45, 2.75) is 11.1 Å². The van der Waals surface area contributed by atoms with Crippen LogP contribution in [-0.4, -0.2) is 68.5 Å². The van der Waals surface area contributed by atoms with E-state index in [1.54, 1.807) is 17.1 Å². The quantitative estimate of drug-likeness (QED) is 0.682. The lowest BCUT2D eigenvalue weighted by Crippen LogP contribution is -2.38. The predicted octanol–water partition coefficient (Wildman–Crippen LogP) is 1.32. The van der Waals surface area contributed by atoms with Crippen LogP contribution in [0.25, 0.3) is 0 Å². The van der Waals surface area contributed by atoms with Gasteiger partial charge in [-0.3, -0.25) is 4.79 Å². The first-order chi connectivity index (χ1) is 12.1. The normalized spacial score (nSPS) is 16.3. The Balaban J connectivity index is 2.00. The van der Waals surface area contributed by atoms with Crippen molar-refractivity contribution in [3.05, 3.63) is 16.3 Å². The van der Waals surface area contributed by atoms with Crippen LogP contribution in [0.2, 0.25) is 0 Å². The molecule has 0 bridgehead atoms. The van der Waals surface area contributed by atoms with Crippen LogP contribution >= 0.6 is 23.1 Å². The number of thioether (sulfide) groups is 1. The van der Waals surface area contributed by atoms with Crippen molar-refractivity contribution >= 4 is 45.0 Å². The standard InChI is InChI=1S/C13H15F3N2O5S3/c14-13(15,16)8-17-10(19)7-23-12(20)11-9(1-4-25-11)26(21,22)18-2-5-24-6-3-18/h1,4H,2-3,5-8H2,(H,17,19). The number of nitrogens with one attached hydrogen (secondary N) is 1. The number of hydrogen-bond acceptors (Lipinski definition) is 7. The molecule has 1 aliphatic heterocycles. The molecule has 0 saturated carbocycles. The van der Waals surface area contributed by atoms with Crippen molar-refractivity contribution in [3.63, 3.8) is 0 Å². The maximum atomic E-state index is 12.6. The van der Waals surface area contributed by atoms with Crippen LogP contribution in [0.3, 0.4) is 0 Å². The first kappa shape index (κ1) is 21.0. The molecule has 0 spiro atoms. The summed E-state index contributed by atoms with van der Waals surface area (Å²) in [6, 6.07) is 1.27. The Kier molecular flexibility index (Phi) is 6.93. The minimum absolute atomic E-state index is 0.216. The van der Waals surface area contributed by atoms with Gasteiger partial charge in [-0.2, -0.15) is 29.2 Å². The van der Waals surface area contributed by atoms with Crippen LogP contribution in [0, 0.1) is 0 Å². The minimum atomic E-state index is -4.58. The highest BCUT2D eigenvalue weighted by Gasteiger charge is 2.32. The molecular weight excluding hydrogens is 417 g/mol. The van der Waals surface area contributed by atoms with Gasteiger partial charge in [-0.1, -0.05) is 0 Å². The monoisotopic (exact) mass is 432 g/mol. The number of carbonyl (C=O) groups excluding carboxylic acids is 2. The van der Waals surface area contributed by atoms with Gasteiger partial charge < -0.3 is 10.1 Å². The molecule has 0 aromatic carbocycles. The number of ether oxygens (including phenoxy) is 1. The summed E-state index contributed by atoms with van der Waals surface area (Å²) in [6.45, 7) is -1.85. The van der Waals surface area contributed by atoms with E-state index in [0.717, 1.165) is 11.3 Å². The number of amides is 1. The first-order valence-corrected chi connectivity index (χ1v) is 10.7. The van der Waals surface area contributed by atoms with Gasteiger partial charge >= 0.3 is 12.1 Å². The Morgan fingerprint density at radius 2 is 1.92 bits per heavy atom. The summed E-state index contributed by atoms with van der Waals surface area (Å²) in [6.07, 6.45) is -4.58. The lowest BCUT2D eigenvalue weighted by Gasteiger charge is -2.25. The number of carbonyl (C=O) groups is 2. The molecule has 0 radical (unpaired) electrons. The van der Waals surface area contributed by atoms with Crippen molar-refractivity contribution in [2.75, 3.05) is 37.7 Å². The largest absolute Gasteiger partial charge is 0.451 e. The van der Waals surface area contributed by atoms with Crippen molar-refractivity contribution in [1.82, 2.24) is 9.62 Å². The van der Waals surface area contributed by atoms with E-state index in [2.05, 4.69) is 4.74 Å². The van der Waals surface area contributed by atoms with E-state index in [4.69, 9.17) is 0 Å². The Labute approximate surface area is 155 Å². The number of alkyl halides is 3. The third-order valence-electron chi connectivity index (χ3n) is 3.22. The van der Waals surface area contributed by atoms with Gasteiger partial charge in [0.25, 0.3) is 5.91 Å². The van der Waals surface area contributed by atoms with E-state index >= 15 is 0 Å². The topological polar surface area (TPSA) is 92.8 Å². The molecule has 1 fully saturated rings. The average Bonchev–Trinajstić information content (AvgIpc) is 3.08. The zero-order chi connectivity index (χ0) is 19.4. The van der Waals surface area contributed by atoms with Crippen molar-refractivity contribution in [2.24, 2.45) is 0 Å². The van der Waals surface area contributed by atoms with E-state index in [-0.39, 0.29) is 9.77 Å². The molecule has 13 heteroatoms. The second kappa shape index (κ2) is 8.59. The molecule has 0 atom stereocenters. The van der Waals surface area contributed by atoms with Crippen LogP contribution in [-0.2, 0) is 19.6 Å². The van der Waals surface area contributed by atoms with Gasteiger partial charge in [0.1, 0.15) is 16.3 Å². The summed E-state index contributed by atoms with van der Waals surface area (Å²) >= 11 is 2.44. The lowest BCUT2D eigenvalue weighted by molar-refractivity contribution is -0.140. The van der Waals surface area contributed by atoms with Gasteiger partial charge in [0.05, 0.1) is 0 Å². The molecule has 7 nitrogen and oxygen atoms in total. The van der Waals surface area contributed by atoms with E-state index in [1.807, 2.05) is 0 Å². The fourth-order valence-corrected chi connectivity index (χ4v) is 5.88. The molecule has 1 saturated heterocycles. The molecule has 0 unspecified atom stereocenters. The number of halogens is 3. The molecule has 1 amide bonds. The van der Waals surface area contributed by atoms with Gasteiger partial charge in [-0.25, -0.2) is 13.2 Å². The highest BCUT2D eigenvalue weighted by Crippen LogP contribution is 2.27. The SMILES string of the molecule is O=C(COC(=O)c1sccc1S(=O)(=O)N1CCSCC1)NCC(F)(F)F. The maximum absolute atomic E-state index is 12.6. The Morgan fingerprint density at radius 1 is 1.27 bits per heavy atom. The number of hydrogen-bond donors (Lipinski definition) is 1. The highest BCUT2D eigenvalue weighted by molar-refractivity contribution is 7.99. The Morgan fingerprint density at radius 3 is 2.54 bits per heavy atom. The Hall–Kier alpha value is -1.31. The minimum Gasteiger partial charge on any atom is -0.451 e. The fraction of sp³-hybridized carbons (Fsp3) is 0.538. The van der Waals surface area contributed by atoms with E-state index < -0.39 is 41.2 Å². The number of sulfonamides is 1. The van der Waals surface area contributed by atoms with Crippen LogP contribution in [0.4, 0.5) is 13.2 Å². The smallest absolute Gasteiger partial charge is 0.405 e. The third kappa shape index (κ3) is 5.59. The summed E-state index contributed by atoms with van der Waals surface area (Å²) in [7, 11) is -3.88. The van der Waals surface area contributed by atoms with Gasteiger partial charge in [-0.05, 0) is 11.4 Å². The second-order valence-corrected chi connectivity index (χ2v) is 9.15. The third-order valence-corrected chi connectivity index (χ3v) is 7.13. The van der Waals surface area contributed by atoms with Crippen LogP contribution in [0.1, 0.15) is 9.67 Å². The van der Waals surface area contributed by atoms with Gasteiger partial charge in [0, 0.05) is 24.6 Å². The highest BCUT2D eigenvalue weighted by atomic mass is 32.2.